The second kappa shape index (κ2) is 3.46. The van der Waals surface area contributed by atoms with Gasteiger partial charge in [0.05, 0.1) is 0 Å². The molecule has 0 spiro atoms. The predicted octanol–water partition coefficient (Wildman–Crippen LogP) is 4.52. The highest BCUT2D eigenvalue weighted by atomic mass is 16.1. The first-order valence-electron chi connectivity index (χ1n) is 6.83. The topological polar surface area (TPSA) is 17.1 Å². The van der Waals surface area contributed by atoms with Gasteiger partial charge in [0.1, 0.15) is 5.78 Å². The van der Waals surface area contributed by atoms with Gasteiger partial charge in [-0.1, -0.05) is 45.8 Å². The van der Waals surface area contributed by atoms with Gasteiger partial charge in [0.2, 0.25) is 0 Å². The van der Waals surface area contributed by atoms with Gasteiger partial charge >= 0.3 is 0 Å². The average molecular weight is 234 g/mol. The predicted molar refractivity (Wildman–Crippen MR) is 71.8 cm³/mol. The summed E-state index contributed by atoms with van der Waals surface area (Å²) < 4.78 is 0. The van der Waals surface area contributed by atoms with E-state index in [2.05, 4.69) is 34.6 Å². The molecule has 2 aliphatic carbocycles. The SMILES string of the molecule is CC(=O)C1(C)CC2=C(C1)C(C)(C)CCC2(C)C. The number of Topliss-reactive ketones (excluding diaryl/α,β-unsaturated/α-hetero) is 1. The van der Waals surface area contributed by atoms with E-state index in [1.807, 2.05) is 0 Å². The molecule has 0 atom stereocenters. The van der Waals surface area contributed by atoms with Gasteiger partial charge in [0, 0.05) is 5.41 Å². The van der Waals surface area contributed by atoms with Gasteiger partial charge in [0.15, 0.2) is 0 Å². The van der Waals surface area contributed by atoms with Crippen LogP contribution < -0.4 is 0 Å². The van der Waals surface area contributed by atoms with Crippen molar-refractivity contribution in [3.05, 3.63) is 11.1 Å². The molecule has 0 unspecified atom stereocenters. The quantitative estimate of drug-likeness (QED) is 0.610. The Balaban J connectivity index is 2.44. The summed E-state index contributed by atoms with van der Waals surface area (Å²) in [5.41, 5.74) is 3.66. The Morgan fingerprint density at radius 3 is 1.53 bits per heavy atom. The molecule has 0 heterocycles. The highest BCUT2D eigenvalue weighted by Gasteiger charge is 2.49. The van der Waals surface area contributed by atoms with Crippen molar-refractivity contribution in [1.82, 2.24) is 0 Å². The lowest BCUT2D eigenvalue weighted by Crippen LogP contribution is -2.28. The molecule has 17 heavy (non-hydrogen) atoms. The minimum absolute atomic E-state index is 0.121. The maximum atomic E-state index is 11.9. The van der Waals surface area contributed by atoms with E-state index >= 15 is 0 Å². The fraction of sp³-hybridized carbons (Fsp3) is 0.812. The van der Waals surface area contributed by atoms with Crippen LogP contribution in [-0.2, 0) is 4.79 Å². The molecule has 1 nitrogen and oxygen atoms in total. The molecule has 2 aliphatic rings. The fourth-order valence-electron chi connectivity index (χ4n) is 3.53. The van der Waals surface area contributed by atoms with Gasteiger partial charge in [-0.05, 0) is 43.4 Å². The van der Waals surface area contributed by atoms with Gasteiger partial charge in [-0.2, -0.15) is 0 Å². The lowest BCUT2D eigenvalue weighted by Gasteiger charge is -2.41. The molecule has 0 saturated heterocycles. The Morgan fingerprint density at radius 2 is 1.24 bits per heavy atom. The first kappa shape index (κ1) is 12.9. The van der Waals surface area contributed by atoms with E-state index < -0.39 is 0 Å². The van der Waals surface area contributed by atoms with Crippen molar-refractivity contribution in [2.24, 2.45) is 16.2 Å². The summed E-state index contributed by atoms with van der Waals surface area (Å²) >= 11 is 0. The van der Waals surface area contributed by atoms with Crippen LogP contribution in [0.4, 0.5) is 0 Å². The van der Waals surface area contributed by atoms with Gasteiger partial charge in [-0.3, -0.25) is 4.79 Å². The van der Waals surface area contributed by atoms with E-state index in [-0.39, 0.29) is 5.41 Å². The van der Waals surface area contributed by atoms with Crippen LogP contribution in [0.15, 0.2) is 11.1 Å². The van der Waals surface area contributed by atoms with Gasteiger partial charge in [0.25, 0.3) is 0 Å². The third-order valence-corrected chi connectivity index (χ3v) is 5.36. The monoisotopic (exact) mass is 234 g/mol. The summed E-state index contributed by atoms with van der Waals surface area (Å²) in [5.74, 6) is 0.360. The Morgan fingerprint density at radius 1 is 0.882 bits per heavy atom. The summed E-state index contributed by atoms with van der Waals surface area (Å²) in [4.78, 5) is 11.9. The van der Waals surface area contributed by atoms with Crippen molar-refractivity contribution in [2.75, 3.05) is 0 Å². The van der Waals surface area contributed by atoms with Crippen LogP contribution >= 0.6 is 0 Å². The van der Waals surface area contributed by atoms with E-state index in [1.54, 1.807) is 18.1 Å². The number of carbonyl (C=O) groups excluding carboxylic acids is 1. The summed E-state index contributed by atoms with van der Waals surface area (Å²) in [6.07, 6.45) is 4.50. The maximum absolute atomic E-state index is 11.9. The van der Waals surface area contributed by atoms with Gasteiger partial charge in [-0.25, -0.2) is 0 Å². The molecule has 0 bridgehead atoms. The molecule has 0 N–H and O–H groups in total. The van der Waals surface area contributed by atoms with E-state index in [0.29, 0.717) is 16.6 Å². The van der Waals surface area contributed by atoms with Gasteiger partial charge < -0.3 is 0 Å². The van der Waals surface area contributed by atoms with E-state index in [0.717, 1.165) is 12.8 Å². The van der Waals surface area contributed by atoms with Crippen molar-refractivity contribution < 1.29 is 4.79 Å². The fourth-order valence-corrected chi connectivity index (χ4v) is 3.53. The summed E-state index contributed by atoms with van der Waals surface area (Å²) in [6.45, 7) is 13.3. The molecule has 0 saturated carbocycles. The third-order valence-electron chi connectivity index (χ3n) is 5.36. The molecule has 0 amide bonds. The lowest BCUT2D eigenvalue weighted by atomic mass is 9.64. The van der Waals surface area contributed by atoms with Crippen LogP contribution in [0.1, 0.15) is 67.2 Å². The molecule has 0 fully saturated rings. The third kappa shape index (κ3) is 1.88. The van der Waals surface area contributed by atoms with Gasteiger partial charge in [-0.15, -0.1) is 0 Å². The largest absolute Gasteiger partial charge is 0.299 e. The lowest BCUT2D eigenvalue weighted by molar-refractivity contribution is -0.125. The molecule has 96 valence electrons. The Labute approximate surface area is 106 Å². The molecular weight excluding hydrogens is 208 g/mol. The Kier molecular flexibility index (Phi) is 2.62. The first-order valence-corrected chi connectivity index (χ1v) is 6.83. The average Bonchev–Trinajstić information content (AvgIpc) is 2.56. The number of hydrogen-bond acceptors (Lipinski definition) is 1. The van der Waals surface area contributed by atoms with Crippen molar-refractivity contribution in [1.29, 1.82) is 0 Å². The second-order valence-electron chi connectivity index (χ2n) is 7.70. The van der Waals surface area contributed by atoms with Crippen molar-refractivity contribution >= 4 is 5.78 Å². The van der Waals surface area contributed by atoms with E-state index in [1.165, 1.54) is 12.8 Å². The van der Waals surface area contributed by atoms with Crippen molar-refractivity contribution in [3.8, 4) is 0 Å². The number of ketones is 1. The van der Waals surface area contributed by atoms with E-state index in [4.69, 9.17) is 0 Å². The molecular formula is C16H26O. The number of hydrogen-bond donors (Lipinski definition) is 0. The molecule has 0 radical (unpaired) electrons. The summed E-state index contributed by atoms with van der Waals surface area (Å²) in [7, 11) is 0. The first-order chi connectivity index (χ1) is 7.58. The standard InChI is InChI=1S/C16H26O/c1-11(17)16(6)9-12-13(10-16)15(4,5)8-7-14(12,2)3/h7-10H2,1-6H3. The van der Waals surface area contributed by atoms with Crippen molar-refractivity contribution in [2.45, 2.75) is 67.2 Å². The molecule has 0 aliphatic heterocycles. The normalized spacial score (nSPS) is 29.1. The minimum atomic E-state index is -0.121. The van der Waals surface area contributed by atoms with Crippen LogP contribution in [0, 0.1) is 16.2 Å². The Hall–Kier alpha value is -0.590. The highest BCUT2D eigenvalue weighted by molar-refractivity contribution is 5.83. The van der Waals surface area contributed by atoms with E-state index in [9.17, 15) is 4.79 Å². The minimum Gasteiger partial charge on any atom is -0.299 e. The zero-order chi connectivity index (χ0) is 13.1. The van der Waals surface area contributed by atoms with Crippen LogP contribution in [0.25, 0.3) is 0 Å². The molecule has 1 heteroatoms. The summed E-state index contributed by atoms with van der Waals surface area (Å²) in [6, 6.07) is 0. The molecule has 0 aromatic rings. The smallest absolute Gasteiger partial charge is 0.136 e. The number of allylic oxidation sites excluding steroid dienone is 2. The zero-order valence-corrected chi connectivity index (χ0v) is 12.2. The summed E-state index contributed by atoms with van der Waals surface area (Å²) in [5, 5.41) is 0. The highest BCUT2D eigenvalue weighted by Crippen LogP contribution is 2.59. The molecule has 2 rings (SSSR count). The van der Waals surface area contributed by atoms with Crippen LogP contribution in [0.2, 0.25) is 0 Å². The van der Waals surface area contributed by atoms with Crippen LogP contribution in [0.5, 0.6) is 0 Å². The molecule has 0 aromatic carbocycles. The second-order valence-corrected chi connectivity index (χ2v) is 7.70. The van der Waals surface area contributed by atoms with Crippen LogP contribution in [0.3, 0.4) is 0 Å². The van der Waals surface area contributed by atoms with Crippen LogP contribution in [-0.4, -0.2) is 5.78 Å². The number of carbonyl (C=O) groups is 1. The zero-order valence-electron chi connectivity index (χ0n) is 12.2. The van der Waals surface area contributed by atoms with Crippen molar-refractivity contribution in [3.63, 3.8) is 0 Å². The number of rotatable bonds is 1. The maximum Gasteiger partial charge on any atom is 0.136 e. The molecule has 0 aromatic heterocycles. The Bertz CT molecular complexity index is 368.